The van der Waals surface area contributed by atoms with Crippen molar-refractivity contribution in [2.45, 2.75) is 19.5 Å². The topological polar surface area (TPSA) is 72.9 Å². The minimum absolute atomic E-state index is 0.713. The van der Waals surface area contributed by atoms with E-state index in [9.17, 15) is 0 Å². The zero-order valence-electron chi connectivity index (χ0n) is 10.2. The average Bonchev–Trinajstić information content (AvgIpc) is 2.85. The van der Waals surface area contributed by atoms with Gasteiger partial charge in [0.25, 0.3) is 0 Å². The van der Waals surface area contributed by atoms with Crippen LogP contribution in [-0.2, 0) is 19.5 Å². The summed E-state index contributed by atoms with van der Waals surface area (Å²) in [4.78, 5) is 6.69. The number of pyridine rings is 1. The van der Waals surface area contributed by atoms with Gasteiger partial charge in [0, 0.05) is 31.7 Å². The maximum absolute atomic E-state index is 5.62. The fraction of sp³-hybridized carbons (Fsp3) is 0.417. The molecule has 0 amide bonds. The quantitative estimate of drug-likeness (QED) is 0.841. The van der Waals surface area contributed by atoms with Crippen molar-refractivity contribution in [3.8, 4) is 0 Å². The van der Waals surface area contributed by atoms with Crippen LogP contribution in [0.15, 0.2) is 24.7 Å². The molecular formula is C12H16N6. The molecule has 0 unspecified atom stereocenters. The van der Waals surface area contributed by atoms with E-state index < -0.39 is 0 Å². The summed E-state index contributed by atoms with van der Waals surface area (Å²) in [5.41, 5.74) is 7.41. The highest BCUT2D eigenvalue weighted by atomic mass is 15.3. The van der Waals surface area contributed by atoms with Crippen LogP contribution >= 0.6 is 0 Å². The van der Waals surface area contributed by atoms with Crippen LogP contribution in [0.5, 0.6) is 0 Å². The van der Waals surface area contributed by atoms with Gasteiger partial charge in [0.2, 0.25) is 0 Å². The van der Waals surface area contributed by atoms with Crippen molar-refractivity contribution < 1.29 is 0 Å². The maximum Gasteiger partial charge on any atom is 0.147 e. The van der Waals surface area contributed by atoms with E-state index in [0.29, 0.717) is 5.69 Å². The van der Waals surface area contributed by atoms with Gasteiger partial charge < -0.3 is 10.3 Å². The Hall–Kier alpha value is -1.95. The molecule has 3 heterocycles. The Labute approximate surface area is 105 Å². The van der Waals surface area contributed by atoms with E-state index in [-0.39, 0.29) is 0 Å². The SMILES string of the molecule is Nc1ccc(CCN2CCn3cnnc3C2)nc1. The lowest BCUT2D eigenvalue weighted by atomic mass is 10.2. The van der Waals surface area contributed by atoms with Crippen molar-refractivity contribution in [2.75, 3.05) is 18.8 Å². The van der Waals surface area contributed by atoms with Gasteiger partial charge in [0.05, 0.1) is 18.4 Å². The van der Waals surface area contributed by atoms with Gasteiger partial charge in [-0.05, 0) is 12.1 Å². The zero-order valence-corrected chi connectivity index (χ0v) is 10.2. The second kappa shape index (κ2) is 4.73. The largest absolute Gasteiger partial charge is 0.397 e. The standard InChI is InChI=1S/C12H16N6/c13-10-1-2-11(14-7-10)3-4-17-5-6-18-9-15-16-12(18)8-17/h1-2,7,9H,3-6,8,13H2. The fourth-order valence-electron chi connectivity index (χ4n) is 2.16. The molecule has 2 N–H and O–H groups in total. The Morgan fingerprint density at radius 1 is 1.28 bits per heavy atom. The minimum atomic E-state index is 0.713. The maximum atomic E-state index is 5.62. The lowest BCUT2D eigenvalue weighted by Crippen LogP contribution is -2.35. The zero-order chi connectivity index (χ0) is 12.4. The molecule has 1 aliphatic rings. The Bertz CT molecular complexity index is 518. The summed E-state index contributed by atoms with van der Waals surface area (Å²) < 4.78 is 2.11. The van der Waals surface area contributed by atoms with Gasteiger partial charge >= 0.3 is 0 Å². The summed E-state index contributed by atoms with van der Waals surface area (Å²) in [6.07, 6.45) is 4.45. The van der Waals surface area contributed by atoms with Crippen molar-refractivity contribution in [3.05, 3.63) is 36.2 Å². The molecule has 0 aliphatic carbocycles. The van der Waals surface area contributed by atoms with E-state index in [1.54, 1.807) is 12.5 Å². The third-order valence-corrected chi connectivity index (χ3v) is 3.25. The van der Waals surface area contributed by atoms with Gasteiger partial charge in [0.1, 0.15) is 12.2 Å². The number of aromatic nitrogens is 4. The average molecular weight is 244 g/mol. The molecule has 0 fully saturated rings. The van der Waals surface area contributed by atoms with Crippen LogP contribution in [0.4, 0.5) is 5.69 Å². The van der Waals surface area contributed by atoms with Gasteiger partial charge in [-0.1, -0.05) is 0 Å². The van der Waals surface area contributed by atoms with Crippen LogP contribution in [0.25, 0.3) is 0 Å². The highest BCUT2D eigenvalue weighted by Gasteiger charge is 2.16. The van der Waals surface area contributed by atoms with Gasteiger partial charge in [-0.15, -0.1) is 10.2 Å². The molecule has 6 nitrogen and oxygen atoms in total. The fourth-order valence-corrected chi connectivity index (χ4v) is 2.16. The highest BCUT2D eigenvalue weighted by Crippen LogP contribution is 2.10. The monoisotopic (exact) mass is 244 g/mol. The molecule has 0 spiro atoms. The minimum Gasteiger partial charge on any atom is -0.397 e. The van der Waals surface area contributed by atoms with Gasteiger partial charge in [-0.3, -0.25) is 9.88 Å². The molecule has 2 aromatic heterocycles. The Morgan fingerprint density at radius 2 is 2.22 bits per heavy atom. The van der Waals surface area contributed by atoms with E-state index in [1.807, 2.05) is 12.1 Å². The Morgan fingerprint density at radius 3 is 3.06 bits per heavy atom. The predicted octanol–water partition coefficient (Wildman–Crippen LogP) is 0.314. The summed E-state index contributed by atoms with van der Waals surface area (Å²) in [5.74, 6) is 1.05. The summed E-state index contributed by atoms with van der Waals surface area (Å²) in [7, 11) is 0. The number of nitrogens with zero attached hydrogens (tertiary/aromatic N) is 5. The summed E-state index contributed by atoms with van der Waals surface area (Å²) >= 11 is 0. The first kappa shape index (κ1) is 11.2. The van der Waals surface area contributed by atoms with E-state index >= 15 is 0 Å². The second-order valence-electron chi connectivity index (χ2n) is 4.55. The summed E-state index contributed by atoms with van der Waals surface area (Å²) in [5, 5.41) is 8.04. The predicted molar refractivity (Wildman–Crippen MR) is 67.7 cm³/mol. The molecule has 94 valence electrons. The van der Waals surface area contributed by atoms with Crippen molar-refractivity contribution in [1.29, 1.82) is 0 Å². The number of hydrogen-bond acceptors (Lipinski definition) is 5. The first-order valence-electron chi connectivity index (χ1n) is 6.11. The van der Waals surface area contributed by atoms with Crippen LogP contribution in [0.1, 0.15) is 11.5 Å². The number of anilines is 1. The molecule has 3 rings (SSSR count). The molecule has 0 saturated carbocycles. The van der Waals surface area contributed by atoms with Crippen LogP contribution in [0, 0.1) is 0 Å². The van der Waals surface area contributed by atoms with Crippen LogP contribution < -0.4 is 5.73 Å². The van der Waals surface area contributed by atoms with E-state index in [4.69, 9.17) is 5.73 Å². The molecule has 18 heavy (non-hydrogen) atoms. The smallest absolute Gasteiger partial charge is 0.147 e. The highest BCUT2D eigenvalue weighted by molar-refractivity contribution is 5.34. The first-order valence-corrected chi connectivity index (χ1v) is 6.11. The third kappa shape index (κ3) is 2.33. The number of fused-ring (bicyclic) bond motifs is 1. The lowest BCUT2D eigenvalue weighted by molar-refractivity contribution is 0.219. The molecule has 0 radical (unpaired) electrons. The van der Waals surface area contributed by atoms with E-state index in [1.165, 1.54) is 0 Å². The second-order valence-corrected chi connectivity index (χ2v) is 4.55. The summed E-state index contributed by atoms with van der Waals surface area (Å²) in [6, 6.07) is 3.89. The third-order valence-electron chi connectivity index (χ3n) is 3.25. The lowest BCUT2D eigenvalue weighted by Gasteiger charge is -2.26. The molecule has 2 aromatic rings. The number of nitrogens with two attached hydrogens (primary N) is 1. The Balaban J connectivity index is 1.57. The van der Waals surface area contributed by atoms with Crippen LogP contribution in [-0.4, -0.2) is 37.7 Å². The van der Waals surface area contributed by atoms with Crippen molar-refractivity contribution in [3.63, 3.8) is 0 Å². The number of hydrogen-bond donors (Lipinski definition) is 1. The van der Waals surface area contributed by atoms with E-state index in [0.717, 1.165) is 44.1 Å². The molecule has 0 saturated heterocycles. The molecular weight excluding hydrogens is 228 g/mol. The number of rotatable bonds is 3. The van der Waals surface area contributed by atoms with Crippen molar-refractivity contribution >= 4 is 5.69 Å². The molecule has 1 aliphatic heterocycles. The summed E-state index contributed by atoms with van der Waals surface area (Å²) in [6.45, 7) is 3.87. The molecule has 6 heteroatoms. The normalized spacial score (nSPS) is 15.6. The molecule has 0 aromatic carbocycles. The van der Waals surface area contributed by atoms with Crippen molar-refractivity contribution in [2.24, 2.45) is 0 Å². The van der Waals surface area contributed by atoms with Gasteiger partial charge in [-0.25, -0.2) is 0 Å². The molecule has 0 bridgehead atoms. The van der Waals surface area contributed by atoms with Crippen LogP contribution in [0.3, 0.4) is 0 Å². The van der Waals surface area contributed by atoms with Gasteiger partial charge in [-0.2, -0.15) is 0 Å². The van der Waals surface area contributed by atoms with Crippen LogP contribution in [0.2, 0.25) is 0 Å². The molecule has 0 atom stereocenters. The first-order chi connectivity index (χ1) is 8.81. The van der Waals surface area contributed by atoms with Gasteiger partial charge in [0.15, 0.2) is 0 Å². The van der Waals surface area contributed by atoms with E-state index in [2.05, 4.69) is 24.6 Å². The Kier molecular flexibility index (Phi) is 2.93. The number of nitrogen functional groups attached to an aromatic ring is 1. The van der Waals surface area contributed by atoms with Crippen molar-refractivity contribution in [1.82, 2.24) is 24.6 Å².